The molecule has 0 saturated heterocycles. The number of carbonyl (C=O) groups excluding carboxylic acids is 2. The van der Waals surface area contributed by atoms with Gasteiger partial charge in [0.1, 0.15) is 17.3 Å². The van der Waals surface area contributed by atoms with Gasteiger partial charge in [0, 0.05) is 13.0 Å². The number of esters is 1. The van der Waals surface area contributed by atoms with Gasteiger partial charge in [0.05, 0.1) is 5.56 Å². The van der Waals surface area contributed by atoms with E-state index in [1.54, 1.807) is 12.1 Å². The Kier molecular flexibility index (Phi) is 3.47. The molecule has 0 amide bonds. The number of ketones is 1. The third kappa shape index (κ3) is 2.74. The van der Waals surface area contributed by atoms with E-state index < -0.39 is 11.8 Å². The molecule has 5 heteroatoms. The number of carbonyl (C=O) groups is 2. The highest BCUT2D eigenvalue weighted by Gasteiger charge is 2.27. The molecule has 0 aromatic heterocycles. The van der Waals surface area contributed by atoms with Gasteiger partial charge < -0.3 is 9.47 Å². The first-order valence-corrected chi connectivity index (χ1v) is 6.55. The molecule has 0 saturated carbocycles. The van der Waals surface area contributed by atoms with Gasteiger partial charge >= 0.3 is 5.97 Å². The lowest BCUT2D eigenvalue weighted by Crippen LogP contribution is -2.01. The van der Waals surface area contributed by atoms with Gasteiger partial charge in [0.2, 0.25) is 5.78 Å². The van der Waals surface area contributed by atoms with Gasteiger partial charge in [-0.1, -0.05) is 12.1 Å². The molecule has 0 unspecified atom stereocenters. The standard InChI is InChI=1S/C17H11FO4/c1-10(19)21-13-5-6-14-15(9-13)22-16(17(14)20)8-11-3-2-4-12(18)7-11/h2-9H,1H3/b16-8-. The second kappa shape index (κ2) is 5.44. The summed E-state index contributed by atoms with van der Waals surface area (Å²) in [5, 5.41) is 0. The fourth-order valence-corrected chi connectivity index (χ4v) is 2.14. The van der Waals surface area contributed by atoms with Crippen molar-refractivity contribution in [1.82, 2.24) is 0 Å². The summed E-state index contributed by atoms with van der Waals surface area (Å²) in [7, 11) is 0. The first kappa shape index (κ1) is 14.0. The fraction of sp³-hybridized carbons (Fsp3) is 0.0588. The summed E-state index contributed by atoms with van der Waals surface area (Å²) in [5.41, 5.74) is 0.898. The maximum atomic E-state index is 13.2. The van der Waals surface area contributed by atoms with Crippen molar-refractivity contribution in [2.75, 3.05) is 0 Å². The highest BCUT2D eigenvalue weighted by molar-refractivity contribution is 6.14. The number of halogens is 1. The first-order chi connectivity index (χ1) is 10.5. The monoisotopic (exact) mass is 298 g/mol. The van der Waals surface area contributed by atoms with Crippen molar-refractivity contribution < 1.29 is 23.5 Å². The number of ether oxygens (including phenoxy) is 2. The molecule has 1 heterocycles. The second-order valence-corrected chi connectivity index (χ2v) is 4.75. The summed E-state index contributed by atoms with van der Waals surface area (Å²) in [6.45, 7) is 1.29. The van der Waals surface area contributed by atoms with Crippen LogP contribution in [0.4, 0.5) is 4.39 Å². The molecule has 0 atom stereocenters. The van der Waals surface area contributed by atoms with E-state index in [4.69, 9.17) is 9.47 Å². The third-order valence-electron chi connectivity index (χ3n) is 3.05. The SMILES string of the molecule is CC(=O)Oc1ccc2c(c1)O/C(=C\c1cccc(F)c1)C2=O. The number of hydrogen-bond donors (Lipinski definition) is 0. The smallest absolute Gasteiger partial charge is 0.308 e. The minimum Gasteiger partial charge on any atom is -0.452 e. The minimum absolute atomic E-state index is 0.0978. The number of fused-ring (bicyclic) bond motifs is 1. The zero-order valence-electron chi connectivity index (χ0n) is 11.6. The van der Waals surface area contributed by atoms with Crippen molar-refractivity contribution in [3.63, 3.8) is 0 Å². The van der Waals surface area contributed by atoms with Crippen LogP contribution in [0.2, 0.25) is 0 Å². The summed E-state index contributed by atoms with van der Waals surface area (Å²) in [4.78, 5) is 23.2. The lowest BCUT2D eigenvalue weighted by atomic mass is 10.1. The Morgan fingerprint density at radius 2 is 2.05 bits per heavy atom. The maximum absolute atomic E-state index is 13.2. The predicted molar refractivity (Wildman–Crippen MR) is 77.1 cm³/mol. The van der Waals surface area contributed by atoms with E-state index in [0.717, 1.165) is 0 Å². The Labute approximate surface area is 125 Å². The third-order valence-corrected chi connectivity index (χ3v) is 3.05. The molecule has 0 spiro atoms. The molecule has 0 radical (unpaired) electrons. The molecule has 22 heavy (non-hydrogen) atoms. The number of hydrogen-bond acceptors (Lipinski definition) is 4. The van der Waals surface area contributed by atoms with Gasteiger partial charge in [-0.3, -0.25) is 9.59 Å². The largest absolute Gasteiger partial charge is 0.452 e. The van der Waals surface area contributed by atoms with E-state index in [2.05, 4.69) is 0 Å². The van der Waals surface area contributed by atoms with Crippen LogP contribution in [-0.4, -0.2) is 11.8 Å². The average molecular weight is 298 g/mol. The van der Waals surface area contributed by atoms with Crippen LogP contribution in [0.3, 0.4) is 0 Å². The number of allylic oxidation sites excluding steroid dienone is 1. The van der Waals surface area contributed by atoms with Crippen molar-refractivity contribution >= 4 is 17.8 Å². The van der Waals surface area contributed by atoms with Crippen LogP contribution in [0.25, 0.3) is 6.08 Å². The van der Waals surface area contributed by atoms with Gasteiger partial charge in [0.15, 0.2) is 5.76 Å². The molecule has 0 aliphatic carbocycles. The van der Waals surface area contributed by atoms with Gasteiger partial charge in [0.25, 0.3) is 0 Å². The van der Waals surface area contributed by atoms with E-state index in [1.165, 1.54) is 43.3 Å². The maximum Gasteiger partial charge on any atom is 0.308 e. The van der Waals surface area contributed by atoms with E-state index >= 15 is 0 Å². The lowest BCUT2D eigenvalue weighted by molar-refractivity contribution is -0.131. The van der Waals surface area contributed by atoms with Crippen molar-refractivity contribution in [3.8, 4) is 11.5 Å². The first-order valence-electron chi connectivity index (χ1n) is 6.55. The fourth-order valence-electron chi connectivity index (χ4n) is 2.14. The van der Waals surface area contributed by atoms with Gasteiger partial charge in [-0.2, -0.15) is 0 Å². The Hall–Kier alpha value is -2.95. The van der Waals surface area contributed by atoms with Crippen molar-refractivity contribution in [2.45, 2.75) is 6.92 Å². The number of rotatable bonds is 2. The zero-order chi connectivity index (χ0) is 15.7. The van der Waals surface area contributed by atoms with Crippen LogP contribution in [0.1, 0.15) is 22.8 Å². The zero-order valence-corrected chi connectivity index (χ0v) is 11.6. The average Bonchev–Trinajstić information content (AvgIpc) is 2.74. The molecule has 1 aliphatic heterocycles. The molecule has 4 nitrogen and oxygen atoms in total. The van der Waals surface area contributed by atoms with Crippen LogP contribution in [0.5, 0.6) is 11.5 Å². The lowest BCUT2D eigenvalue weighted by Gasteiger charge is -2.02. The summed E-state index contributed by atoms with van der Waals surface area (Å²) in [6.07, 6.45) is 1.47. The second-order valence-electron chi connectivity index (χ2n) is 4.75. The van der Waals surface area contributed by atoms with Crippen LogP contribution >= 0.6 is 0 Å². The molecular weight excluding hydrogens is 287 g/mol. The van der Waals surface area contributed by atoms with Crippen LogP contribution in [-0.2, 0) is 4.79 Å². The number of Topliss-reactive ketones (excluding diaryl/α,β-unsaturated/α-hetero) is 1. The molecule has 0 fully saturated rings. The van der Waals surface area contributed by atoms with Gasteiger partial charge in [-0.15, -0.1) is 0 Å². The summed E-state index contributed by atoms with van der Waals surface area (Å²) >= 11 is 0. The van der Waals surface area contributed by atoms with Crippen LogP contribution in [0, 0.1) is 5.82 Å². The molecule has 2 aromatic rings. The molecule has 3 rings (SSSR count). The highest BCUT2D eigenvalue weighted by atomic mass is 19.1. The highest BCUT2D eigenvalue weighted by Crippen LogP contribution is 2.34. The van der Waals surface area contributed by atoms with E-state index in [9.17, 15) is 14.0 Å². The summed E-state index contributed by atoms with van der Waals surface area (Å²) in [6, 6.07) is 10.4. The van der Waals surface area contributed by atoms with Crippen molar-refractivity contribution in [1.29, 1.82) is 0 Å². The van der Waals surface area contributed by atoms with Crippen molar-refractivity contribution in [3.05, 3.63) is 65.2 Å². The normalized spacial score (nSPS) is 14.6. The molecule has 0 bridgehead atoms. The topological polar surface area (TPSA) is 52.6 Å². The molecule has 0 N–H and O–H groups in total. The van der Waals surface area contributed by atoms with Crippen LogP contribution < -0.4 is 9.47 Å². The van der Waals surface area contributed by atoms with E-state index in [1.807, 2.05) is 0 Å². The Bertz CT molecular complexity index is 808. The van der Waals surface area contributed by atoms with Gasteiger partial charge in [-0.25, -0.2) is 4.39 Å². The van der Waals surface area contributed by atoms with E-state index in [0.29, 0.717) is 22.6 Å². The minimum atomic E-state index is -0.459. The van der Waals surface area contributed by atoms with Gasteiger partial charge in [-0.05, 0) is 35.9 Å². The molecule has 2 aromatic carbocycles. The number of benzene rings is 2. The molecule has 110 valence electrons. The Morgan fingerprint density at radius 1 is 1.23 bits per heavy atom. The summed E-state index contributed by atoms with van der Waals surface area (Å²) in [5.74, 6) is -0.444. The summed E-state index contributed by atoms with van der Waals surface area (Å²) < 4.78 is 23.6. The van der Waals surface area contributed by atoms with E-state index in [-0.39, 0.29) is 11.5 Å². The van der Waals surface area contributed by atoms with Crippen LogP contribution in [0.15, 0.2) is 48.2 Å². The molecular formula is C17H11FO4. The predicted octanol–water partition coefficient (Wildman–Crippen LogP) is 3.37. The quantitative estimate of drug-likeness (QED) is 0.484. The molecule has 1 aliphatic rings. The van der Waals surface area contributed by atoms with Crippen molar-refractivity contribution in [2.24, 2.45) is 0 Å². The Morgan fingerprint density at radius 3 is 2.77 bits per heavy atom. The Balaban J connectivity index is 1.92.